The van der Waals surface area contributed by atoms with Gasteiger partial charge in [0.2, 0.25) is 10.0 Å². The quantitative estimate of drug-likeness (QED) is 0.795. The van der Waals surface area contributed by atoms with Gasteiger partial charge in [-0.1, -0.05) is 28.8 Å². The fourth-order valence-electron chi connectivity index (χ4n) is 2.08. The first-order valence-corrected chi connectivity index (χ1v) is 8.96. The van der Waals surface area contributed by atoms with Crippen LogP contribution in [-0.4, -0.2) is 31.3 Å². The van der Waals surface area contributed by atoms with Crippen molar-refractivity contribution in [1.29, 1.82) is 0 Å². The third kappa shape index (κ3) is 2.69. The van der Waals surface area contributed by atoms with E-state index in [1.807, 2.05) is 0 Å². The molecule has 3 rings (SSSR count). The maximum absolute atomic E-state index is 12.2. The minimum absolute atomic E-state index is 0.0201. The number of benzene rings is 1. The average molecular weight is 387 g/mol. The first-order chi connectivity index (χ1) is 11.2. The van der Waals surface area contributed by atoms with E-state index >= 15 is 0 Å². The molecule has 11 heteroatoms. The lowest BCUT2D eigenvalue weighted by atomic mass is 10.1. The number of halogens is 1. The average Bonchev–Trinajstić information content (AvgIpc) is 3.02. The zero-order valence-electron chi connectivity index (χ0n) is 11.6. The number of imide groups is 1. The molecule has 0 bridgehead atoms. The molecular weight excluding hydrogens is 380 g/mol. The van der Waals surface area contributed by atoms with E-state index in [0.717, 1.165) is 6.07 Å². The molecule has 2 amide bonds. The van der Waals surface area contributed by atoms with Gasteiger partial charge in [0.25, 0.3) is 11.8 Å². The monoisotopic (exact) mass is 386 g/mol. The molecule has 1 aliphatic heterocycles. The minimum atomic E-state index is -4.23. The molecule has 2 aromatic rings. The standard InChI is InChI=1S/C13H7ClN2O6S2/c14-9-5-8(13(23-9)24(15,20)21)12(19)22-16-10(17)6-3-1-2-4-7(6)11(16)18/h1-5H,(H2,15,20,21). The van der Waals surface area contributed by atoms with E-state index in [1.165, 1.54) is 12.1 Å². The number of hydrogen-bond acceptors (Lipinski definition) is 7. The molecule has 0 saturated heterocycles. The van der Waals surface area contributed by atoms with Crippen molar-refractivity contribution in [3.05, 3.63) is 51.4 Å². The van der Waals surface area contributed by atoms with Crippen molar-refractivity contribution in [2.45, 2.75) is 4.21 Å². The van der Waals surface area contributed by atoms with E-state index in [2.05, 4.69) is 0 Å². The fraction of sp³-hybridized carbons (Fsp3) is 0. The van der Waals surface area contributed by atoms with Crippen LogP contribution in [-0.2, 0) is 14.9 Å². The van der Waals surface area contributed by atoms with Gasteiger partial charge in [-0.15, -0.1) is 11.3 Å². The number of amides is 2. The Morgan fingerprint density at radius 3 is 2.21 bits per heavy atom. The highest BCUT2D eigenvalue weighted by Gasteiger charge is 2.39. The summed E-state index contributed by atoms with van der Waals surface area (Å²) in [5, 5.41) is 5.28. The summed E-state index contributed by atoms with van der Waals surface area (Å²) in [5.41, 5.74) is -0.306. The number of hydroxylamine groups is 2. The second-order valence-corrected chi connectivity index (χ2v) is 8.07. The number of fused-ring (bicyclic) bond motifs is 1. The molecule has 0 unspecified atom stereocenters. The van der Waals surface area contributed by atoms with Crippen LogP contribution in [0.5, 0.6) is 0 Å². The van der Waals surface area contributed by atoms with Crippen molar-refractivity contribution >= 4 is 50.7 Å². The van der Waals surface area contributed by atoms with Crippen LogP contribution in [0.4, 0.5) is 0 Å². The third-order valence-corrected chi connectivity index (χ3v) is 5.82. The predicted octanol–water partition coefficient (Wildman–Crippen LogP) is 1.42. The summed E-state index contributed by atoms with van der Waals surface area (Å²) >= 11 is 6.27. The largest absolute Gasteiger partial charge is 0.366 e. The molecule has 0 fully saturated rings. The number of nitrogens with two attached hydrogens (primary N) is 1. The second kappa shape index (κ2) is 5.67. The molecule has 2 N–H and O–H groups in total. The normalized spacial score (nSPS) is 14.0. The van der Waals surface area contributed by atoms with Crippen LogP contribution in [0, 0.1) is 0 Å². The predicted molar refractivity (Wildman–Crippen MR) is 83.1 cm³/mol. The molecule has 24 heavy (non-hydrogen) atoms. The molecule has 8 nitrogen and oxygen atoms in total. The van der Waals surface area contributed by atoms with Gasteiger partial charge in [0.05, 0.1) is 21.0 Å². The Bertz CT molecular complexity index is 963. The van der Waals surface area contributed by atoms with Crippen LogP contribution in [0.3, 0.4) is 0 Å². The van der Waals surface area contributed by atoms with Crippen LogP contribution in [0.1, 0.15) is 31.1 Å². The molecule has 0 atom stereocenters. The SMILES string of the molecule is NS(=O)(=O)c1sc(Cl)cc1C(=O)ON1C(=O)c2ccccc2C1=O. The van der Waals surface area contributed by atoms with Crippen molar-refractivity contribution in [2.24, 2.45) is 5.14 Å². The molecule has 1 aliphatic rings. The summed E-state index contributed by atoms with van der Waals surface area (Å²) in [6, 6.07) is 6.94. The Balaban J connectivity index is 1.93. The van der Waals surface area contributed by atoms with Gasteiger partial charge in [0.1, 0.15) is 0 Å². The number of carbonyl (C=O) groups excluding carboxylic acids is 3. The van der Waals surface area contributed by atoms with Crippen molar-refractivity contribution < 1.29 is 27.6 Å². The van der Waals surface area contributed by atoms with E-state index in [0.29, 0.717) is 11.3 Å². The van der Waals surface area contributed by atoms with Crippen molar-refractivity contribution in [2.75, 3.05) is 0 Å². The first-order valence-electron chi connectivity index (χ1n) is 6.22. The van der Waals surface area contributed by atoms with Gasteiger partial charge in [-0.3, -0.25) is 9.59 Å². The maximum atomic E-state index is 12.2. The number of nitrogens with zero attached hydrogens (tertiary/aromatic N) is 1. The highest BCUT2D eigenvalue weighted by molar-refractivity contribution is 7.91. The zero-order chi connectivity index (χ0) is 17.6. The number of carbonyl (C=O) groups is 3. The number of sulfonamides is 1. The second-order valence-electron chi connectivity index (χ2n) is 4.63. The Kier molecular flexibility index (Phi) is 3.92. The molecule has 0 saturated carbocycles. The van der Waals surface area contributed by atoms with Crippen LogP contribution in [0.25, 0.3) is 0 Å². The van der Waals surface area contributed by atoms with Crippen LogP contribution < -0.4 is 5.14 Å². The summed E-state index contributed by atoms with van der Waals surface area (Å²) in [5.74, 6) is -2.90. The highest BCUT2D eigenvalue weighted by Crippen LogP contribution is 2.31. The van der Waals surface area contributed by atoms with Gasteiger partial charge in [-0.2, -0.15) is 0 Å². The molecule has 0 spiro atoms. The summed E-state index contributed by atoms with van der Waals surface area (Å²) in [7, 11) is -4.23. The van der Waals surface area contributed by atoms with Gasteiger partial charge in [0, 0.05) is 0 Å². The highest BCUT2D eigenvalue weighted by atomic mass is 35.5. The van der Waals surface area contributed by atoms with Gasteiger partial charge in [-0.25, -0.2) is 18.4 Å². The lowest BCUT2D eigenvalue weighted by molar-refractivity contribution is -0.0586. The van der Waals surface area contributed by atoms with E-state index in [1.54, 1.807) is 12.1 Å². The summed E-state index contributed by atoms with van der Waals surface area (Å²) in [4.78, 5) is 41.2. The summed E-state index contributed by atoms with van der Waals surface area (Å²) in [6.45, 7) is 0. The zero-order valence-corrected chi connectivity index (χ0v) is 13.9. The number of rotatable bonds is 3. The van der Waals surface area contributed by atoms with Gasteiger partial charge < -0.3 is 4.84 Å². The smallest absolute Gasteiger partial charge is 0.324 e. The topological polar surface area (TPSA) is 124 Å². The maximum Gasteiger partial charge on any atom is 0.366 e. The van der Waals surface area contributed by atoms with Gasteiger partial charge in [-0.05, 0) is 18.2 Å². The van der Waals surface area contributed by atoms with Crippen LogP contribution >= 0.6 is 22.9 Å². The van der Waals surface area contributed by atoms with Gasteiger partial charge >= 0.3 is 5.97 Å². The van der Waals surface area contributed by atoms with E-state index in [4.69, 9.17) is 21.6 Å². The lowest BCUT2D eigenvalue weighted by Crippen LogP contribution is -2.33. The minimum Gasteiger partial charge on any atom is -0.324 e. The molecule has 1 aromatic heterocycles. The van der Waals surface area contributed by atoms with Crippen LogP contribution in [0.2, 0.25) is 4.34 Å². The van der Waals surface area contributed by atoms with E-state index in [-0.39, 0.29) is 20.5 Å². The van der Waals surface area contributed by atoms with Crippen molar-refractivity contribution in [3.8, 4) is 0 Å². The lowest BCUT2D eigenvalue weighted by Gasteiger charge is -2.12. The number of hydrogen-bond donors (Lipinski definition) is 1. The van der Waals surface area contributed by atoms with Crippen molar-refractivity contribution in [1.82, 2.24) is 5.06 Å². The Labute approximate surface area is 144 Å². The fourth-order valence-corrected chi connectivity index (χ4v) is 4.35. The molecular formula is C13H7ClN2O6S2. The Hall–Kier alpha value is -2.27. The molecule has 1 aromatic carbocycles. The van der Waals surface area contributed by atoms with Crippen LogP contribution in [0.15, 0.2) is 34.5 Å². The molecule has 124 valence electrons. The summed E-state index contributed by atoms with van der Waals surface area (Å²) in [6.07, 6.45) is 0. The molecule has 0 aliphatic carbocycles. The van der Waals surface area contributed by atoms with E-state index in [9.17, 15) is 22.8 Å². The van der Waals surface area contributed by atoms with E-state index < -0.39 is 37.6 Å². The Morgan fingerprint density at radius 1 is 1.17 bits per heavy atom. The van der Waals surface area contributed by atoms with Crippen molar-refractivity contribution in [3.63, 3.8) is 0 Å². The molecule has 2 heterocycles. The van der Waals surface area contributed by atoms with Gasteiger partial charge in [0.15, 0.2) is 4.21 Å². The first kappa shape index (κ1) is 16.6. The number of primary sulfonamides is 1. The summed E-state index contributed by atoms with van der Waals surface area (Å²) < 4.78 is 22.4. The Morgan fingerprint density at radius 2 is 1.71 bits per heavy atom. The number of thiophene rings is 1. The molecule has 0 radical (unpaired) electrons. The third-order valence-electron chi connectivity index (χ3n) is 3.08.